The van der Waals surface area contributed by atoms with Crippen LogP contribution in [0.3, 0.4) is 0 Å². The van der Waals surface area contributed by atoms with Gasteiger partial charge in [-0.2, -0.15) is 0 Å². The van der Waals surface area contributed by atoms with Crippen LogP contribution in [0.2, 0.25) is 0 Å². The lowest BCUT2D eigenvalue weighted by Crippen LogP contribution is -2.65. The molecule has 0 amide bonds. The molecular weight excluding hydrogens is 913 g/mol. The molecule has 4 aliphatic heterocycles. The molecule has 0 aromatic heterocycles. The summed E-state index contributed by atoms with van der Waals surface area (Å²) >= 11 is 0. The molecule has 21 heteroatoms. The molecule has 0 radical (unpaired) electrons. The second-order valence-electron chi connectivity index (χ2n) is 19.9. The lowest BCUT2D eigenvalue weighted by molar-refractivity contribution is -0.364. The maximum absolute atomic E-state index is 11.5. The second kappa shape index (κ2) is 31.1. The summed E-state index contributed by atoms with van der Waals surface area (Å²) in [4.78, 5) is 0. The first-order chi connectivity index (χ1) is 33.1. The predicted octanol–water partition coefficient (Wildman–Crippen LogP) is -0.409. The number of hydrogen-bond acceptors (Lipinski definition) is 21. The minimum atomic E-state index is -1.83. The molecule has 21 nitrogen and oxygen atoms in total. The Bertz CT molecular complexity index is 1250. The Morgan fingerprint density at radius 1 is 0.362 bits per heavy atom. The van der Waals surface area contributed by atoms with Crippen molar-refractivity contribution in [3.05, 3.63) is 0 Å². The van der Waals surface area contributed by atoms with Crippen molar-refractivity contribution in [3.8, 4) is 0 Å². The number of unbranched alkanes of at least 4 members (excludes halogenated alkanes) is 14. The third kappa shape index (κ3) is 17.1. The maximum atomic E-state index is 11.5. The average molecular weight is 1000 g/mol. The molecule has 20 atom stereocenters. The van der Waals surface area contributed by atoms with Crippen LogP contribution in [-0.4, -0.2) is 223 Å². The van der Waals surface area contributed by atoms with Gasteiger partial charge in [-0.3, -0.25) is 0 Å². The SMILES string of the molecule is CCCCCCCCCCC(CCCCCCCCCC)(CO[C@H]1OC(CO)[C@H](O[C@H]2OC(CO)[C@H](C)C(O)[C@H]2O)C(O)[C@H]1O)CO[C@H]1OC(CO)[C@H](O[C@H]2OC(CO)[C@H](O)C(O)[C@H]2O)C(O)[C@H]1O. The Labute approximate surface area is 407 Å². The molecule has 4 saturated heterocycles. The topological polar surface area (TPSA) is 337 Å². The van der Waals surface area contributed by atoms with Crippen molar-refractivity contribution in [2.75, 3.05) is 39.6 Å². The van der Waals surface area contributed by atoms with Crippen LogP contribution in [-0.2, 0) is 37.9 Å². The third-order valence-corrected chi connectivity index (χ3v) is 14.5. The smallest absolute Gasteiger partial charge is 0.187 e. The maximum Gasteiger partial charge on any atom is 0.187 e. The summed E-state index contributed by atoms with van der Waals surface area (Å²) in [5.41, 5.74) is -0.848. The first-order valence-corrected chi connectivity index (χ1v) is 25.8. The van der Waals surface area contributed by atoms with E-state index in [1.165, 1.54) is 12.8 Å². The van der Waals surface area contributed by atoms with Crippen LogP contribution in [0.15, 0.2) is 0 Å². The molecule has 4 aliphatic rings. The van der Waals surface area contributed by atoms with Gasteiger partial charge >= 0.3 is 0 Å². The Kier molecular flexibility index (Phi) is 27.4. The lowest BCUT2D eigenvalue weighted by Gasteiger charge is -2.47. The standard InChI is InChI=1S/C48H90O21/c1-4-6-8-10-12-14-16-18-20-48(21-19-17-15-13-11-9-7-5-2,26-62-44-40(60)36(56)42(31(24-51)66-44)68-46-38(58)33(53)28(3)29(22-49)64-46)27-63-45-41(61)37(57)43(32(25-52)67-45)69-47-39(59)35(55)34(54)30(23-50)65-47/h28-47,49-61H,4-27H2,1-3H3/t28-,29?,30?,31?,32?,33?,34-,35?,36?,37?,38+,39+,40+,41+,42-,43-,44-,45-,46+,47+/m0/s1. The first-order valence-electron chi connectivity index (χ1n) is 25.8. The largest absolute Gasteiger partial charge is 0.394 e. The quantitative estimate of drug-likeness (QED) is 0.0381. The molecule has 4 fully saturated rings. The fraction of sp³-hybridized carbons (Fsp3) is 1.00. The van der Waals surface area contributed by atoms with Crippen molar-refractivity contribution in [2.24, 2.45) is 11.3 Å². The van der Waals surface area contributed by atoms with Crippen LogP contribution < -0.4 is 0 Å². The highest BCUT2D eigenvalue weighted by molar-refractivity contribution is 4.96. The summed E-state index contributed by atoms with van der Waals surface area (Å²) < 4.78 is 47.5. The molecular formula is C48H90O21. The molecule has 8 unspecified atom stereocenters. The van der Waals surface area contributed by atoms with Gasteiger partial charge in [-0.15, -0.1) is 0 Å². The average Bonchev–Trinajstić information content (AvgIpc) is 3.35. The lowest BCUT2D eigenvalue weighted by atomic mass is 9.79. The fourth-order valence-electron chi connectivity index (χ4n) is 9.84. The van der Waals surface area contributed by atoms with Crippen LogP contribution >= 0.6 is 0 Å². The van der Waals surface area contributed by atoms with Gasteiger partial charge in [0.15, 0.2) is 25.2 Å². The highest BCUT2D eigenvalue weighted by Crippen LogP contribution is 2.38. The summed E-state index contributed by atoms with van der Waals surface area (Å²) in [5.74, 6) is -0.652. The summed E-state index contributed by atoms with van der Waals surface area (Å²) in [6, 6.07) is 0. The highest BCUT2D eigenvalue weighted by Gasteiger charge is 2.53. The van der Waals surface area contributed by atoms with Crippen molar-refractivity contribution in [1.29, 1.82) is 0 Å². The molecule has 0 bridgehead atoms. The number of aliphatic hydroxyl groups excluding tert-OH is 13. The van der Waals surface area contributed by atoms with E-state index < -0.39 is 154 Å². The molecule has 408 valence electrons. The van der Waals surface area contributed by atoms with Gasteiger partial charge in [0, 0.05) is 11.3 Å². The number of ether oxygens (including phenoxy) is 8. The Morgan fingerprint density at radius 2 is 0.696 bits per heavy atom. The highest BCUT2D eigenvalue weighted by atomic mass is 16.8. The molecule has 0 saturated carbocycles. The van der Waals surface area contributed by atoms with Gasteiger partial charge in [-0.25, -0.2) is 0 Å². The number of rotatable bonds is 32. The van der Waals surface area contributed by atoms with Gasteiger partial charge in [-0.05, 0) is 12.8 Å². The molecule has 0 aromatic rings. The fourth-order valence-corrected chi connectivity index (χ4v) is 9.84. The van der Waals surface area contributed by atoms with E-state index in [1.807, 2.05) is 0 Å². The van der Waals surface area contributed by atoms with Gasteiger partial charge < -0.3 is 104 Å². The van der Waals surface area contributed by atoms with Crippen LogP contribution in [0.1, 0.15) is 136 Å². The molecule has 13 N–H and O–H groups in total. The Morgan fingerprint density at radius 3 is 1.09 bits per heavy atom. The van der Waals surface area contributed by atoms with Gasteiger partial charge in [0.2, 0.25) is 0 Å². The van der Waals surface area contributed by atoms with Crippen LogP contribution in [0.4, 0.5) is 0 Å². The molecule has 4 heterocycles. The molecule has 69 heavy (non-hydrogen) atoms. The molecule has 0 aromatic carbocycles. The van der Waals surface area contributed by atoms with E-state index in [0.29, 0.717) is 12.8 Å². The van der Waals surface area contributed by atoms with E-state index in [1.54, 1.807) is 6.92 Å². The van der Waals surface area contributed by atoms with Gasteiger partial charge in [0.1, 0.15) is 79.4 Å². The van der Waals surface area contributed by atoms with E-state index in [4.69, 9.17) is 37.9 Å². The van der Waals surface area contributed by atoms with Gasteiger partial charge in [0.25, 0.3) is 0 Å². The predicted molar refractivity (Wildman–Crippen MR) is 245 cm³/mol. The third-order valence-electron chi connectivity index (χ3n) is 14.5. The Balaban J connectivity index is 1.54. The van der Waals surface area contributed by atoms with Crippen molar-refractivity contribution < 1.29 is 104 Å². The van der Waals surface area contributed by atoms with Crippen molar-refractivity contribution in [1.82, 2.24) is 0 Å². The number of hydrogen-bond donors (Lipinski definition) is 13. The first kappa shape index (κ1) is 60.7. The van der Waals surface area contributed by atoms with Crippen molar-refractivity contribution in [3.63, 3.8) is 0 Å². The normalized spacial score (nSPS) is 39.0. The summed E-state index contributed by atoms with van der Waals surface area (Å²) in [6.07, 6.45) is -11.8. The van der Waals surface area contributed by atoms with E-state index in [2.05, 4.69) is 13.8 Å². The molecule has 4 rings (SSSR count). The summed E-state index contributed by atoms with van der Waals surface area (Å²) in [5, 5.41) is 139. The zero-order valence-electron chi connectivity index (χ0n) is 41.1. The van der Waals surface area contributed by atoms with Crippen LogP contribution in [0.5, 0.6) is 0 Å². The van der Waals surface area contributed by atoms with Crippen LogP contribution in [0.25, 0.3) is 0 Å². The van der Waals surface area contributed by atoms with E-state index >= 15 is 0 Å². The second-order valence-corrected chi connectivity index (χ2v) is 19.9. The number of aliphatic hydroxyl groups is 13. The summed E-state index contributed by atoms with van der Waals surface area (Å²) in [6.45, 7) is 3.01. The van der Waals surface area contributed by atoms with E-state index in [-0.39, 0.29) is 13.2 Å². The van der Waals surface area contributed by atoms with Gasteiger partial charge in [0.05, 0.1) is 51.8 Å². The minimum Gasteiger partial charge on any atom is -0.394 e. The zero-order chi connectivity index (χ0) is 50.7. The van der Waals surface area contributed by atoms with E-state index in [9.17, 15) is 66.4 Å². The van der Waals surface area contributed by atoms with Crippen molar-refractivity contribution in [2.45, 2.75) is 253 Å². The zero-order valence-corrected chi connectivity index (χ0v) is 41.1. The Hall–Kier alpha value is -0.840. The summed E-state index contributed by atoms with van der Waals surface area (Å²) in [7, 11) is 0. The van der Waals surface area contributed by atoms with Crippen LogP contribution in [0, 0.1) is 11.3 Å². The van der Waals surface area contributed by atoms with Gasteiger partial charge in [-0.1, -0.05) is 124 Å². The monoisotopic (exact) mass is 1000 g/mol. The molecule has 0 spiro atoms. The van der Waals surface area contributed by atoms with Crippen molar-refractivity contribution >= 4 is 0 Å². The minimum absolute atomic E-state index is 0.109. The molecule has 0 aliphatic carbocycles. The van der Waals surface area contributed by atoms with E-state index in [0.717, 1.165) is 89.9 Å².